The lowest BCUT2D eigenvalue weighted by Crippen LogP contribution is -2.49. The van der Waals surface area contributed by atoms with Crippen LogP contribution in [0.3, 0.4) is 0 Å². The lowest BCUT2D eigenvalue weighted by atomic mass is 10.2. The fourth-order valence-corrected chi connectivity index (χ4v) is 4.02. The van der Waals surface area contributed by atoms with Crippen LogP contribution in [0.2, 0.25) is 0 Å². The van der Waals surface area contributed by atoms with Gasteiger partial charge in [0.2, 0.25) is 20.0 Å². The summed E-state index contributed by atoms with van der Waals surface area (Å²) < 4.78 is 47.1. The van der Waals surface area contributed by atoms with Crippen molar-refractivity contribution in [1.82, 2.24) is 4.31 Å². The average molecular weight is 281 g/mol. The zero-order chi connectivity index (χ0) is 13.3. The second-order valence-corrected chi connectivity index (χ2v) is 8.13. The van der Waals surface area contributed by atoms with Crippen molar-refractivity contribution in [2.45, 2.75) is 30.3 Å². The van der Waals surface area contributed by atoms with Crippen molar-refractivity contribution in [3.63, 3.8) is 0 Å². The van der Waals surface area contributed by atoms with Crippen molar-refractivity contribution in [3.05, 3.63) is 0 Å². The summed E-state index contributed by atoms with van der Waals surface area (Å²) >= 11 is 0. The van der Waals surface area contributed by atoms with Crippen LogP contribution in [0.4, 0.5) is 0 Å². The first kappa shape index (κ1) is 14.4. The lowest BCUT2D eigenvalue weighted by molar-refractivity contribution is 0.344. The van der Waals surface area contributed by atoms with Gasteiger partial charge in [-0.05, 0) is 19.8 Å². The summed E-state index contributed by atoms with van der Waals surface area (Å²) in [6.45, 7) is 1.35. The monoisotopic (exact) mass is 281 g/mol. The molecule has 17 heavy (non-hydrogen) atoms. The maximum absolute atomic E-state index is 11.9. The van der Waals surface area contributed by atoms with Gasteiger partial charge in [-0.25, -0.2) is 22.0 Å². The Balaban J connectivity index is 2.92. The minimum absolute atomic E-state index is 0.160. The highest BCUT2D eigenvalue weighted by Crippen LogP contribution is 2.20. The third-order valence-corrected chi connectivity index (χ3v) is 6.16. The van der Waals surface area contributed by atoms with E-state index in [1.54, 1.807) is 6.07 Å². The molecule has 1 fully saturated rings. The van der Waals surface area contributed by atoms with Crippen LogP contribution in [0.15, 0.2) is 0 Å². The second kappa shape index (κ2) is 4.89. The summed E-state index contributed by atoms with van der Waals surface area (Å²) in [5.41, 5.74) is 0. The maximum Gasteiger partial charge on any atom is 0.230 e. The molecule has 2 unspecified atom stereocenters. The van der Waals surface area contributed by atoms with E-state index >= 15 is 0 Å². The molecule has 1 rings (SSSR count). The van der Waals surface area contributed by atoms with Gasteiger partial charge in [0.25, 0.3) is 0 Å². The van der Waals surface area contributed by atoms with Crippen LogP contribution in [-0.2, 0) is 20.0 Å². The zero-order valence-corrected chi connectivity index (χ0v) is 11.0. The molecule has 0 radical (unpaired) electrons. The van der Waals surface area contributed by atoms with Gasteiger partial charge in [0.05, 0.1) is 11.3 Å². The normalized spacial score (nSPS) is 25.1. The lowest BCUT2D eigenvalue weighted by Gasteiger charge is -2.31. The smallest absolute Gasteiger partial charge is 0.228 e. The van der Waals surface area contributed by atoms with Crippen LogP contribution in [0.1, 0.15) is 19.8 Å². The Bertz CT molecular complexity index is 519. The van der Waals surface area contributed by atoms with E-state index in [2.05, 4.69) is 0 Å². The van der Waals surface area contributed by atoms with E-state index in [1.807, 2.05) is 0 Å². The molecule has 1 aliphatic rings. The topological polar surface area (TPSA) is 121 Å². The molecular formula is C8H15N3O4S2. The molecule has 9 heteroatoms. The van der Waals surface area contributed by atoms with E-state index in [9.17, 15) is 16.8 Å². The minimum atomic E-state index is -3.75. The highest BCUT2D eigenvalue weighted by Gasteiger charge is 2.36. The number of primary sulfonamides is 1. The molecule has 7 nitrogen and oxygen atoms in total. The number of sulfonamides is 2. The maximum atomic E-state index is 11.9. The third kappa shape index (κ3) is 3.16. The molecule has 1 heterocycles. The number of nitrogens with zero attached hydrogens (tertiary/aromatic N) is 2. The Morgan fingerprint density at radius 3 is 2.47 bits per heavy atom. The van der Waals surface area contributed by atoms with Gasteiger partial charge in [0, 0.05) is 13.1 Å². The molecule has 2 atom stereocenters. The molecule has 0 spiro atoms. The summed E-state index contributed by atoms with van der Waals surface area (Å²) in [5.74, 6) is 0. The summed E-state index contributed by atoms with van der Waals surface area (Å²) in [6.07, 6.45) is 0.782. The highest BCUT2D eigenvalue weighted by molar-refractivity contribution is 7.90. The number of nitrogens with two attached hydrogens (primary N) is 1. The third-order valence-electron chi connectivity index (χ3n) is 2.79. The van der Waals surface area contributed by atoms with E-state index in [-0.39, 0.29) is 13.1 Å². The Morgan fingerprint density at radius 2 is 2.00 bits per heavy atom. The SMILES string of the molecule is CC(C#N)S(=O)(=O)N1CCCC(S(N)(=O)=O)C1. The average Bonchev–Trinajstić information content (AvgIpc) is 2.27. The van der Waals surface area contributed by atoms with Crippen molar-refractivity contribution in [2.75, 3.05) is 13.1 Å². The molecule has 1 aliphatic heterocycles. The zero-order valence-electron chi connectivity index (χ0n) is 9.40. The second-order valence-electron chi connectivity index (χ2n) is 4.03. The summed E-state index contributed by atoms with van der Waals surface area (Å²) in [6, 6.07) is 1.65. The van der Waals surface area contributed by atoms with E-state index in [4.69, 9.17) is 10.4 Å². The van der Waals surface area contributed by atoms with Crippen LogP contribution in [0.25, 0.3) is 0 Å². The van der Waals surface area contributed by atoms with Crippen LogP contribution in [0.5, 0.6) is 0 Å². The summed E-state index contributed by atoms with van der Waals surface area (Å²) in [7, 11) is -7.49. The summed E-state index contributed by atoms with van der Waals surface area (Å²) in [5, 5.41) is 11.6. The van der Waals surface area contributed by atoms with E-state index in [0.29, 0.717) is 12.8 Å². The molecule has 0 aromatic rings. The number of hydrogen-bond acceptors (Lipinski definition) is 5. The van der Waals surface area contributed by atoms with Gasteiger partial charge in [-0.1, -0.05) is 0 Å². The molecule has 0 aromatic heterocycles. The van der Waals surface area contributed by atoms with Crippen molar-refractivity contribution in [1.29, 1.82) is 5.26 Å². The molecule has 0 aromatic carbocycles. The first-order valence-electron chi connectivity index (χ1n) is 5.09. The molecule has 0 aliphatic carbocycles. The van der Waals surface area contributed by atoms with Gasteiger partial charge in [0.1, 0.15) is 0 Å². The van der Waals surface area contributed by atoms with Crippen molar-refractivity contribution in [3.8, 4) is 6.07 Å². The largest absolute Gasteiger partial charge is 0.230 e. The number of rotatable bonds is 3. The Morgan fingerprint density at radius 1 is 1.41 bits per heavy atom. The molecule has 0 bridgehead atoms. The van der Waals surface area contributed by atoms with Crippen LogP contribution >= 0.6 is 0 Å². The van der Waals surface area contributed by atoms with E-state index in [0.717, 1.165) is 4.31 Å². The first-order chi connectivity index (χ1) is 7.69. The molecule has 0 amide bonds. The van der Waals surface area contributed by atoms with Crippen molar-refractivity contribution in [2.24, 2.45) is 5.14 Å². The predicted molar refractivity (Wildman–Crippen MR) is 61.7 cm³/mol. The fourth-order valence-electron chi connectivity index (χ4n) is 1.69. The van der Waals surface area contributed by atoms with E-state index in [1.165, 1.54) is 6.92 Å². The molecular weight excluding hydrogens is 266 g/mol. The molecule has 1 saturated heterocycles. The van der Waals surface area contributed by atoms with Gasteiger partial charge in [-0.15, -0.1) is 0 Å². The Kier molecular flexibility index (Phi) is 4.14. The van der Waals surface area contributed by atoms with Crippen molar-refractivity contribution < 1.29 is 16.8 Å². The standard InChI is InChI=1S/C8H15N3O4S2/c1-7(5-9)17(14,15)11-4-2-3-8(6-11)16(10,12)13/h7-8H,2-4,6H2,1H3,(H2,10,12,13). The minimum Gasteiger partial charge on any atom is -0.228 e. The fraction of sp³-hybridized carbons (Fsp3) is 0.875. The van der Waals surface area contributed by atoms with Crippen LogP contribution < -0.4 is 5.14 Å². The molecule has 0 saturated carbocycles. The van der Waals surface area contributed by atoms with Gasteiger partial charge in [-0.2, -0.15) is 9.57 Å². The van der Waals surface area contributed by atoms with E-state index < -0.39 is 30.5 Å². The number of piperidine rings is 1. The number of hydrogen-bond donors (Lipinski definition) is 1. The molecule has 2 N–H and O–H groups in total. The highest BCUT2D eigenvalue weighted by atomic mass is 32.2. The Labute approximate surface area is 101 Å². The van der Waals surface area contributed by atoms with Crippen molar-refractivity contribution >= 4 is 20.0 Å². The molecule has 98 valence electrons. The first-order valence-corrected chi connectivity index (χ1v) is 8.21. The predicted octanol–water partition coefficient (Wildman–Crippen LogP) is -1.02. The Hall–Kier alpha value is -0.690. The summed E-state index contributed by atoms with van der Waals surface area (Å²) in [4.78, 5) is 0. The van der Waals surface area contributed by atoms with Gasteiger partial charge in [0.15, 0.2) is 5.25 Å². The van der Waals surface area contributed by atoms with Crippen LogP contribution in [0, 0.1) is 11.3 Å². The van der Waals surface area contributed by atoms with Crippen LogP contribution in [-0.4, -0.2) is 44.7 Å². The van der Waals surface area contributed by atoms with Gasteiger partial charge in [-0.3, -0.25) is 0 Å². The number of nitriles is 1. The van der Waals surface area contributed by atoms with Gasteiger partial charge < -0.3 is 0 Å². The quantitative estimate of drug-likeness (QED) is 0.709. The van der Waals surface area contributed by atoms with Gasteiger partial charge >= 0.3 is 0 Å².